The van der Waals surface area contributed by atoms with E-state index in [9.17, 15) is 4.79 Å². The minimum absolute atomic E-state index is 0.0332. The number of carbonyl (C=O) groups is 1. The zero-order valence-corrected chi connectivity index (χ0v) is 13.4. The first-order chi connectivity index (χ1) is 10.6. The maximum atomic E-state index is 11.9. The molecule has 1 heterocycles. The van der Waals surface area contributed by atoms with Crippen LogP contribution in [0.2, 0.25) is 0 Å². The Morgan fingerprint density at radius 2 is 2.23 bits per heavy atom. The largest absolute Gasteiger partial charge is 0.491 e. The number of hydrogen-bond acceptors (Lipinski definition) is 4. The van der Waals surface area contributed by atoms with Gasteiger partial charge in [0.15, 0.2) is 0 Å². The van der Waals surface area contributed by atoms with Crippen LogP contribution in [0, 0.1) is 5.92 Å². The number of anilines is 1. The van der Waals surface area contributed by atoms with Gasteiger partial charge in [-0.2, -0.15) is 0 Å². The average Bonchev–Trinajstić information content (AvgIpc) is 3.03. The summed E-state index contributed by atoms with van der Waals surface area (Å²) in [4.78, 5) is 11.9. The highest BCUT2D eigenvalue weighted by Gasteiger charge is 2.16. The molecule has 0 saturated carbocycles. The van der Waals surface area contributed by atoms with Gasteiger partial charge in [-0.1, -0.05) is 26.0 Å². The van der Waals surface area contributed by atoms with Crippen LogP contribution in [-0.4, -0.2) is 38.3 Å². The molecule has 22 heavy (non-hydrogen) atoms. The molecule has 1 amide bonds. The third-order valence-corrected chi connectivity index (χ3v) is 3.45. The molecule has 2 N–H and O–H groups in total. The van der Waals surface area contributed by atoms with Crippen molar-refractivity contribution in [2.75, 3.05) is 31.6 Å². The number of ether oxygens (including phenoxy) is 2. The molecular weight excluding hydrogens is 280 g/mol. The van der Waals surface area contributed by atoms with Crippen LogP contribution in [0.4, 0.5) is 5.69 Å². The average molecular weight is 306 g/mol. The normalized spacial score (nSPS) is 17.5. The van der Waals surface area contributed by atoms with E-state index in [2.05, 4.69) is 24.5 Å². The SMILES string of the molecule is CC(C)COc1ccccc1NCC(=O)NCC1CCCO1. The zero-order valence-electron chi connectivity index (χ0n) is 13.4. The predicted molar refractivity (Wildman–Crippen MR) is 87.2 cm³/mol. The second-order valence-electron chi connectivity index (χ2n) is 5.99. The molecule has 122 valence electrons. The highest BCUT2D eigenvalue weighted by atomic mass is 16.5. The fourth-order valence-corrected chi connectivity index (χ4v) is 2.27. The number of hydrogen-bond donors (Lipinski definition) is 2. The predicted octanol–water partition coefficient (Wildman–Crippen LogP) is 2.43. The minimum Gasteiger partial charge on any atom is -0.491 e. The lowest BCUT2D eigenvalue weighted by Crippen LogP contribution is -2.35. The fraction of sp³-hybridized carbons (Fsp3) is 0.588. The summed E-state index contributed by atoms with van der Waals surface area (Å²) in [7, 11) is 0. The summed E-state index contributed by atoms with van der Waals surface area (Å²) in [6.07, 6.45) is 2.28. The van der Waals surface area contributed by atoms with Crippen molar-refractivity contribution in [3.63, 3.8) is 0 Å². The Morgan fingerprint density at radius 3 is 2.95 bits per heavy atom. The van der Waals surface area contributed by atoms with Gasteiger partial charge in [0.05, 0.1) is 24.9 Å². The first kappa shape index (κ1) is 16.6. The molecule has 1 atom stereocenters. The van der Waals surface area contributed by atoms with Crippen LogP contribution >= 0.6 is 0 Å². The van der Waals surface area contributed by atoms with Crippen molar-refractivity contribution in [3.05, 3.63) is 24.3 Å². The van der Waals surface area contributed by atoms with Gasteiger partial charge in [-0.25, -0.2) is 0 Å². The minimum atomic E-state index is -0.0332. The number of carbonyl (C=O) groups excluding carboxylic acids is 1. The summed E-state index contributed by atoms with van der Waals surface area (Å²) in [5.74, 6) is 1.21. The van der Waals surface area contributed by atoms with Gasteiger partial charge >= 0.3 is 0 Å². The summed E-state index contributed by atoms with van der Waals surface area (Å²) in [5.41, 5.74) is 0.843. The Morgan fingerprint density at radius 1 is 1.41 bits per heavy atom. The molecule has 0 radical (unpaired) electrons. The second kappa shape index (κ2) is 8.63. The summed E-state index contributed by atoms with van der Waals surface area (Å²) >= 11 is 0. The molecule has 0 spiro atoms. The van der Waals surface area contributed by atoms with Crippen molar-refractivity contribution < 1.29 is 14.3 Å². The summed E-state index contributed by atoms with van der Waals surface area (Å²) < 4.78 is 11.2. The van der Waals surface area contributed by atoms with Crippen molar-refractivity contribution in [2.45, 2.75) is 32.8 Å². The van der Waals surface area contributed by atoms with Gasteiger partial charge in [-0.3, -0.25) is 4.79 Å². The van der Waals surface area contributed by atoms with Gasteiger partial charge < -0.3 is 20.1 Å². The lowest BCUT2D eigenvalue weighted by atomic mass is 10.2. The third kappa shape index (κ3) is 5.56. The van der Waals surface area contributed by atoms with Crippen molar-refractivity contribution in [2.24, 2.45) is 5.92 Å². The van der Waals surface area contributed by atoms with E-state index in [-0.39, 0.29) is 18.6 Å². The number of para-hydroxylation sites is 2. The summed E-state index contributed by atoms with van der Waals surface area (Å²) in [6, 6.07) is 7.69. The van der Waals surface area contributed by atoms with Crippen molar-refractivity contribution in [3.8, 4) is 5.75 Å². The lowest BCUT2D eigenvalue weighted by molar-refractivity contribution is -0.119. The lowest BCUT2D eigenvalue weighted by Gasteiger charge is -2.15. The van der Waals surface area contributed by atoms with Crippen molar-refractivity contribution >= 4 is 11.6 Å². The standard InChI is InChI=1S/C17H26N2O3/c1-13(2)12-22-16-8-4-3-7-15(16)18-11-17(20)19-10-14-6-5-9-21-14/h3-4,7-8,13-14,18H,5-6,9-12H2,1-2H3,(H,19,20). The van der Waals surface area contributed by atoms with E-state index in [1.165, 1.54) is 0 Å². The van der Waals surface area contributed by atoms with Gasteiger partial charge in [0.2, 0.25) is 5.91 Å². The van der Waals surface area contributed by atoms with E-state index >= 15 is 0 Å². The van der Waals surface area contributed by atoms with Crippen LogP contribution in [0.1, 0.15) is 26.7 Å². The van der Waals surface area contributed by atoms with Crippen LogP contribution in [0.5, 0.6) is 5.75 Å². The Bertz CT molecular complexity index is 471. The first-order valence-corrected chi connectivity index (χ1v) is 7.99. The number of amides is 1. The highest BCUT2D eigenvalue weighted by Crippen LogP contribution is 2.23. The molecule has 5 nitrogen and oxygen atoms in total. The van der Waals surface area contributed by atoms with E-state index < -0.39 is 0 Å². The molecule has 1 aromatic rings. The maximum Gasteiger partial charge on any atom is 0.239 e. The third-order valence-electron chi connectivity index (χ3n) is 3.45. The van der Waals surface area contributed by atoms with E-state index in [4.69, 9.17) is 9.47 Å². The van der Waals surface area contributed by atoms with Crippen LogP contribution in [0.25, 0.3) is 0 Å². The van der Waals surface area contributed by atoms with Crippen molar-refractivity contribution in [1.29, 1.82) is 0 Å². The zero-order chi connectivity index (χ0) is 15.8. The molecule has 2 rings (SSSR count). The molecule has 0 aromatic heterocycles. The Balaban J connectivity index is 1.76. The van der Waals surface area contributed by atoms with Gasteiger partial charge in [0, 0.05) is 13.2 Å². The molecular formula is C17H26N2O3. The molecule has 1 aromatic carbocycles. The van der Waals surface area contributed by atoms with Gasteiger partial charge in [0.1, 0.15) is 5.75 Å². The smallest absolute Gasteiger partial charge is 0.239 e. The summed E-state index contributed by atoms with van der Waals surface area (Å²) in [6.45, 7) is 6.49. The number of nitrogens with one attached hydrogen (secondary N) is 2. The molecule has 0 aliphatic carbocycles. The monoisotopic (exact) mass is 306 g/mol. The van der Waals surface area contributed by atoms with Gasteiger partial charge in [-0.15, -0.1) is 0 Å². The Kier molecular flexibility index (Phi) is 6.52. The topological polar surface area (TPSA) is 59.6 Å². The Labute approximate surface area is 132 Å². The van der Waals surface area contributed by atoms with Gasteiger partial charge in [0.25, 0.3) is 0 Å². The van der Waals surface area contributed by atoms with Crippen LogP contribution in [-0.2, 0) is 9.53 Å². The maximum absolute atomic E-state index is 11.9. The molecule has 1 unspecified atom stereocenters. The van der Waals surface area contributed by atoms with E-state index in [0.717, 1.165) is 30.9 Å². The second-order valence-corrected chi connectivity index (χ2v) is 5.99. The van der Waals surface area contributed by atoms with Crippen molar-refractivity contribution in [1.82, 2.24) is 5.32 Å². The van der Waals surface area contributed by atoms with E-state index in [0.29, 0.717) is 19.1 Å². The molecule has 0 bridgehead atoms. The quantitative estimate of drug-likeness (QED) is 0.774. The Hall–Kier alpha value is -1.75. The number of rotatable bonds is 8. The highest BCUT2D eigenvalue weighted by molar-refractivity contribution is 5.81. The molecule has 1 saturated heterocycles. The van der Waals surface area contributed by atoms with E-state index in [1.807, 2.05) is 24.3 Å². The van der Waals surface area contributed by atoms with Gasteiger partial charge in [-0.05, 0) is 30.9 Å². The molecule has 5 heteroatoms. The molecule has 1 aliphatic rings. The first-order valence-electron chi connectivity index (χ1n) is 7.99. The molecule has 1 fully saturated rings. The number of benzene rings is 1. The van der Waals surface area contributed by atoms with Crippen LogP contribution in [0.15, 0.2) is 24.3 Å². The fourth-order valence-electron chi connectivity index (χ4n) is 2.27. The summed E-state index contributed by atoms with van der Waals surface area (Å²) in [5, 5.41) is 6.03. The van der Waals surface area contributed by atoms with E-state index in [1.54, 1.807) is 0 Å². The van der Waals surface area contributed by atoms with Crippen LogP contribution < -0.4 is 15.4 Å². The molecule has 1 aliphatic heterocycles. The van der Waals surface area contributed by atoms with Crippen LogP contribution in [0.3, 0.4) is 0 Å².